The lowest BCUT2D eigenvalue weighted by atomic mass is 10.2. The summed E-state index contributed by atoms with van der Waals surface area (Å²) in [5, 5.41) is 5.82. The number of amides is 3. The van der Waals surface area contributed by atoms with Crippen molar-refractivity contribution in [3.63, 3.8) is 0 Å². The van der Waals surface area contributed by atoms with Crippen LogP contribution in [0.3, 0.4) is 0 Å². The third-order valence-corrected chi connectivity index (χ3v) is 5.27. The van der Waals surface area contributed by atoms with Crippen LogP contribution in [0.1, 0.15) is 0 Å². The predicted octanol–water partition coefficient (Wildman–Crippen LogP) is 2.60. The van der Waals surface area contributed by atoms with Crippen LogP contribution in [0.15, 0.2) is 58.5 Å². The van der Waals surface area contributed by atoms with Crippen LogP contribution in [-0.2, 0) is 9.53 Å². The molecule has 2 N–H and O–H groups in total. The van der Waals surface area contributed by atoms with Gasteiger partial charge >= 0.3 is 6.03 Å². The number of aromatic nitrogens is 2. The fourth-order valence-electron chi connectivity index (χ4n) is 2.66. The molecule has 1 heterocycles. The fraction of sp³-hybridized carbons (Fsp3) is 0.200. The van der Waals surface area contributed by atoms with Gasteiger partial charge in [-0.1, -0.05) is 47.6 Å². The summed E-state index contributed by atoms with van der Waals surface area (Å²) < 4.78 is 6.21. The maximum atomic E-state index is 13.1. The zero-order valence-corrected chi connectivity index (χ0v) is 17.6. The molecule has 8 nitrogen and oxygen atoms in total. The van der Waals surface area contributed by atoms with E-state index in [1.807, 2.05) is 0 Å². The van der Waals surface area contributed by atoms with Crippen LogP contribution in [0.2, 0.25) is 5.02 Å². The molecule has 2 aromatic carbocycles. The molecule has 3 amide bonds. The highest BCUT2D eigenvalue weighted by atomic mass is 35.5. The quantitative estimate of drug-likeness (QED) is 0.328. The number of nitrogens with one attached hydrogen (secondary N) is 2. The molecular formula is C20H19ClN4O4S. The molecule has 0 unspecified atom stereocenters. The number of methoxy groups -OCH3 is 1. The first-order valence-electron chi connectivity index (χ1n) is 8.97. The van der Waals surface area contributed by atoms with E-state index in [2.05, 4.69) is 15.6 Å². The number of fused-ring (bicyclic) bond motifs is 1. The van der Waals surface area contributed by atoms with Gasteiger partial charge in [0.2, 0.25) is 5.91 Å². The number of hydrogen-bond acceptors (Lipinski definition) is 6. The molecule has 156 valence electrons. The monoisotopic (exact) mass is 446 g/mol. The van der Waals surface area contributed by atoms with Crippen LogP contribution in [0.25, 0.3) is 16.6 Å². The summed E-state index contributed by atoms with van der Waals surface area (Å²) in [5.74, 6) is -0.643. The van der Waals surface area contributed by atoms with Crippen molar-refractivity contribution in [2.45, 2.75) is 5.16 Å². The minimum Gasteiger partial charge on any atom is -0.383 e. The van der Waals surface area contributed by atoms with Gasteiger partial charge in [-0.2, -0.15) is 0 Å². The number of ether oxygens (including phenoxy) is 1. The van der Waals surface area contributed by atoms with E-state index in [4.69, 9.17) is 16.3 Å². The highest BCUT2D eigenvalue weighted by molar-refractivity contribution is 7.99. The second-order valence-electron chi connectivity index (χ2n) is 6.09. The number of nitrogens with zero attached hydrogens (tertiary/aromatic N) is 2. The van der Waals surface area contributed by atoms with Crippen molar-refractivity contribution in [3.8, 4) is 5.69 Å². The third-order valence-electron chi connectivity index (χ3n) is 4.02. The molecule has 0 bridgehead atoms. The molecule has 0 saturated heterocycles. The Kier molecular flexibility index (Phi) is 7.45. The molecule has 3 aromatic rings. The molecule has 0 radical (unpaired) electrons. The molecular weight excluding hydrogens is 428 g/mol. The average Bonchev–Trinajstić information content (AvgIpc) is 2.73. The number of para-hydroxylation sites is 2. The Balaban J connectivity index is 1.87. The Morgan fingerprint density at radius 3 is 2.67 bits per heavy atom. The smallest absolute Gasteiger partial charge is 0.321 e. The van der Waals surface area contributed by atoms with Gasteiger partial charge in [-0.25, -0.2) is 9.78 Å². The molecule has 0 atom stereocenters. The van der Waals surface area contributed by atoms with Gasteiger partial charge in [0.15, 0.2) is 5.16 Å². The lowest BCUT2D eigenvalue weighted by Gasteiger charge is -2.14. The minimum absolute atomic E-state index is 0.118. The van der Waals surface area contributed by atoms with E-state index in [0.29, 0.717) is 33.4 Å². The van der Waals surface area contributed by atoms with Crippen LogP contribution in [-0.4, -0.2) is 47.5 Å². The SMILES string of the molecule is COCCNC(=O)NC(=O)CSc1nc2ccccc2c(=O)n1-c1ccccc1Cl. The molecule has 0 spiro atoms. The molecule has 3 rings (SSSR count). The van der Waals surface area contributed by atoms with Crippen molar-refractivity contribution in [1.82, 2.24) is 20.2 Å². The topological polar surface area (TPSA) is 102 Å². The number of carbonyl (C=O) groups is 2. The first kappa shape index (κ1) is 21.8. The standard InChI is InChI=1S/C20H19ClN4O4S/c1-29-11-10-22-19(28)24-17(26)12-30-20-23-15-8-4-2-6-13(15)18(27)25(20)16-9-5-3-7-14(16)21/h2-9H,10-12H2,1H3,(H2,22,24,26,28). The number of halogens is 1. The summed E-state index contributed by atoms with van der Waals surface area (Å²) in [6.45, 7) is 0.614. The molecule has 0 aliphatic rings. The van der Waals surface area contributed by atoms with Crippen LogP contribution in [0, 0.1) is 0 Å². The van der Waals surface area contributed by atoms with Crippen molar-refractivity contribution in [2.24, 2.45) is 0 Å². The summed E-state index contributed by atoms with van der Waals surface area (Å²) in [6.07, 6.45) is 0. The summed E-state index contributed by atoms with van der Waals surface area (Å²) in [5.41, 5.74) is 0.669. The second-order valence-corrected chi connectivity index (χ2v) is 7.44. The van der Waals surface area contributed by atoms with Crippen molar-refractivity contribution in [2.75, 3.05) is 26.0 Å². The number of carbonyl (C=O) groups excluding carboxylic acids is 2. The van der Waals surface area contributed by atoms with E-state index in [1.54, 1.807) is 48.5 Å². The Bertz CT molecular complexity index is 1140. The van der Waals surface area contributed by atoms with Crippen molar-refractivity contribution in [3.05, 3.63) is 63.9 Å². The zero-order valence-electron chi connectivity index (χ0n) is 16.1. The lowest BCUT2D eigenvalue weighted by Crippen LogP contribution is -2.41. The van der Waals surface area contributed by atoms with E-state index in [0.717, 1.165) is 11.8 Å². The predicted molar refractivity (Wildman–Crippen MR) is 116 cm³/mol. The van der Waals surface area contributed by atoms with E-state index < -0.39 is 11.9 Å². The summed E-state index contributed by atoms with van der Waals surface area (Å²) >= 11 is 7.34. The van der Waals surface area contributed by atoms with Crippen LogP contribution < -0.4 is 16.2 Å². The van der Waals surface area contributed by atoms with E-state index >= 15 is 0 Å². The second kappa shape index (κ2) is 10.2. The highest BCUT2D eigenvalue weighted by Crippen LogP contribution is 2.25. The van der Waals surface area contributed by atoms with Gasteiger partial charge in [0.1, 0.15) is 0 Å². The number of urea groups is 1. The van der Waals surface area contributed by atoms with Gasteiger partial charge in [0, 0.05) is 13.7 Å². The van der Waals surface area contributed by atoms with E-state index in [1.165, 1.54) is 11.7 Å². The summed E-state index contributed by atoms with van der Waals surface area (Å²) in [6, 6.07) is 13.2. The van der Waals surface area contributed by atoms with Gasteiger partial charge in [-0.15, -0.1) is 0 Å². The van der Waals surface area contributed by atoms with Gasteiger partial charge in [-0.3, -0.25) is 19.5 Å². The number of hydrogen-bond donors (Lipinski definition) is 2. The molecule has 0 aliphatic heterocycles. The van der Waals surface area contributed by atoms with Crippen LogP contribution in [0.4, 0.5) is 4.79 Å². The molecule has 1 aromatic heterocycles. The number of rotatable bonds is 7. The third kappa shape index (κ3) is 5.18. The van der Waals surface area contributed by atoms with Gasteiger partial charge in [0.05, 0.1) is 34.0 Å². The lowest BCUT2D eigenvalue weighted by molar-refractivity contribution is -0.117. The molecule has 0 fully saturated rings. The van der Waals surface area contributed by atoms with Gasteiger partial charge < -0.3 is 10.1 Å². The average molecular weight is 447 g/mol. The Morgan fingerprint density at radius 1 is 1.17 bits per heavy atom. The van der Waals surface area contributed by atoms with Crippen LogP contribution in [0.5, 0.6) is 0 Å². The minimum atomic E-state index is -0.618. The van der Waals surface area contributed by atoms with Crippen LogP contribution >= 0.6 is 23.4 Å². The maximum absolute atomic E-state index is 13.1. The first-order chi connectivity index (χ1) is 14.5. The Hall–Kier alpha value is -2.88. The first-order valence-corrected chi connectivity index (χ1v) is 10.3. The molecule has 10 heteroatoms. The normalized spacial score (nSPS) is 10.7. The molecule has 0 aliphatic carbocycles. The Labute approximate surface area is 181 Å². The van der Waals surface area contributed by atoms with Crippen molar-refractivity contribution in [1.29, 1.82) is 0 Å². The molecule has 30 heavy (non-hydrogen) atoms. The highest BCUT2D eigenvalue weighted by Gasteiger charge is 2.17. The van der Waals surface area contributed by atoms with Crippen molar-refractivity contribution < 1.29 is 14.3 Å². The van der Waals surface area contributed by atoms with E-state index in [9.17, 15) is 14.4 Å². The number of thioether (sulfide) groups is 1. The summed E-state index contributed by atoms with van der Waals surface area (Å²) in [7, 11) is 1.51. The maximum Gasteiger partial charge on any atom is 0.321 e. The largest absolute Gasteiger partial charge is 0.383 e. The van der Waals surface area contributed by atoms with E-state index in [-0.39, 0.29) is 17.9 Å². The zero-order chi connectivity index (χ0) is 21.5. The fourth-order valence-corrected chi connectivity index (χ4v) is 3.68. The van der Waals surface area contributed by atoms with Crippen molar-refractivity contribution >= 4 is 46.2 Å². The number of imide groups is 1. The van der Waals surface area contributed by atoms with Gasteiger partial charge in [0.25, 0.3) is 5.56 Å². The molecule has 0 saturated carbocycles. The van der Waals surface area contributed by atoms with Gasteiger partial charge in [-0.05, 0) is 24.3 Å². The Morgan fingerprint density at radius 2 is 1.90 bits per heavy atom. The number of benzene rings is 2. The summed E-state index contributed by atoms with van der Waals surface area (Å²) in [4.78, 5) is 41.5.